The van der Waals surface area contributed by atoms with Gasteiger partial charge in [-0.15, -0.1) is 6.58 Å². The van der Waals surface area contributed by atoms with Crippen molar-refractivity contribution in [2.75, 3.05) is 11.9 Å². The van der Waals surface area contributed by atoms with Crippen molar-refractivity contribution in [3.8, 4) is 0 Å². The molecular weight excluding hydrogens is 459 g/mol. The van der Waals surface area contributed by atoms with E-state index < -0.39 is 29.3 Å². The van der Waals surface area contributed by atoms with Gasteiger partial charge in [-0.05, 0) is 41.6 Å². The molecule has 162 valence electrons. The predicted molar refractivity (Wildman–Crippen MR) is 111 cm³/mol. The average molecular weight is 483 g/mol. The number of carbonyl (C=O) groups excluding carboxylic acids is 2. The molecule has 30 heavy (non-hydrogen) atoms. The zero-order valence-corrected chi connectivity index (χ0v) is 18.1. The minimum absolute atomic E-state index is 0.00353. The normalized spacial score (nSPS) is 25.2. The molecule has 1 aromatic rings. The topological polar surface area (TPSA) is 112 Å². The van der Waals surface area contributed by atoms with Crippen molar-refractivity contribution in [1.82, 2.24) is 15.2 Å². The largest absolute Gasteiger partial charge is 0.465 e. The Morgan fingerprint density at radius 3 is 2.83 bits per heavy atom. The van der Waals surface area contributed by atoms with Crippen LogP contribution in [0.4, 0.5) is 15.0 Å². The number of amides is 3. The third-order valence-corrected chi connectivity index (χ3v) is 6.22. The maximum Gasteiger partial charge on any atom is 0.408 e. The van der Waals surface area contributed by atoms with E-state index in [9.17, 15) is 23.9 Å². The molecule has 0 radical (unpaired) electrons. The molecule has 8 nitrogen and oxygen atoms in total. The highest BCUT2D eigenvalue weighted by atomic mass is 79.9. The van der Waals surface area contributed by atoms with Crippen molar-refractivity contribution >= 4 is 39.7 Å². The molecule has 2 aliphatic rings. The highest BCUT2D eigenvalue weighted by Gasteiger charge is 2.67. The third kappa shape index (κ3) is 4.63. The first-order chi connectivity index (χ1) is 14.2. The number of nitrogens with one attached hydrogen (secondary N) is 2. The molecule has 3 unspecified atom stereocenters. The molecule has 3 amide bonds. The van der Waals surface area contributed by atoms with E-state index in [4.69, 9.17) is 0 Å². The predicted octanol–water partition coefficient (Wildman–Crippen LogP) is 3.15. The van der Waals surface area contributed by atoms with Crippen LogP contribution in [0.25, 0.3) is 0 Å². The van der Waals surface area contributed by atoms with Crippen molar-refractivity contribution in [3.05, 3.63) is 35.2 Å². The van der Waals surface area contributed by atoms with Crippen LogP contribution in [0.2, 0.25) is 0 Å². The van der Waals surface area contributed by atoms with Gasteiger partial charge in [-0.1, -0.05) is 13.0 Å². The summed E-state index contributed by atoms with van der Waals surface area (Å²) in [5.41, 5.74) is -0.454. The second-order valence-corrected chi connectivity index (χ2v) is 8.77. The SMILES string of the molecule is C=CCC[C@@H](C)C(=O)NCC12CC(C(=O)Nc3cc(F)cc(Br)n3)N(C(=O)O)C1C2. The van der Waals surface area contributed by atoms with E-state index in [-0.39, 0.29) is 34.7 Å². The average Bonchev–Trinajstić information content (AvgIpc) is 3.26. The smallest absolute Gasteiger partial charge is 0.408 e. The number of nitrogens with zero attached hydrogens (tertiary/aromatic N) is 2. The summed E-state index contributed by atoms with van der Waals surface area (Å²) < 4.78 is 13.8. The minimum Gasteiger partial charge on any atom is -0.465 e. The molecule has 1 aliphatic heterocycles. The van der Waals surface area contributed by atoms with Gasteiger partial charge in [0.2, 0.25) is 11.8 Å². The molecule has 1 saturated carbocycles. The van der Waals surface area contributed by atoms with Crippen molar-refractivity contribution in [3.63, 3.8) is 0 Å². The molecule has 0 aromatic carbocycles. The number of aromatic nitrogens is 1. The number of likely N-dealkylation sites (tertiary alicyclic amines) is 1. The first kappa shape index (κ1) is 22.2. The number of hydrogen-bond acceptors (Lipinski definition) is 4. The molecular formula is C20H24BrFN4O4. The van der Waals surface area contributed by atoms with Gasteiger partial charge in [0, 0.05) is 36.1 Å². The van der Waals surface area contributed by atoms with Gasteiger partial charge in [-0.3, -0.25) is 14.5 Å². The van der Waals surface area contributed by atoms with Crippen molar-refractivity contribution in [1.29, 1.82) is 0 Å². The monoisotopic (exact) mass is 482 g/mol. The molecule has 0 bridgehead atoms. The van der Waals surface area contributed by atoms with E-state index in [0.717, 1.165) is 23.5 Å². The molecule has 1 aromatic heterocycles. The fraction of sp³-hybridized carbons (Fsp3) is 0.500. The second-order valence-electron chi connectivity index (χ2n) is 7.96. The zero-order chi connectivity index (χ0) is 22.1. The Labute approximate surface area is 182 Å². The molecule has 3 rings (SSSR count). The number of fused-ring (bicyclic) bond motifs is 1. The van der Waals surface area contributed by atoms with E-state index in [1.165, 1.54) is 0 Å². The van der Waals surface area contributed by atoms with Gasteiger partial charge < -0.3 is 15.7 Å². The van der Waals surface area contributed by atoms with Gasteiger partial charge in [0.1, 0.15) is 22.3 Å². The summed E-state index contributed by atoms with van der Waals surface area (Å²) in [6.45, 7) is 5.79. The van der Waals surface area contributed by atoms with E-state index in [0.29, 0.717) is 19.4 Å². The van der Waals surface area contributed by atoms with Gasteiger partial charge >= 0.3 is 6.09 Å². The molecule has 2 fully saturated rings. The molecule has 1 saturated heterocycles. The zero-order valence-electron chi connectivity index (χ0n) is 16.5. The third-order valence-electron chi connectivity index (χ3n) is 5.82. The van der Waals surface area contributed by atoms with E-state index >= 15 is 0 Å². The number of carbonyl (C=O) groups is 3. The number of rotatable bonds is 8. The van der Waals surface area contributed by atoms with Gasteiger partial charge in [0.05, 0.1) is 0 Å². The van der Waals surface area contributed by atoms with Crippen LogP contribution in [-0.4, -0.2) is 51.5 Å². The summed E-state index contributed by atoms with van der Waals surface area (Å²) in [7, 11) is 0. The number of allylic oxidation sites excluding steroid dienone is 1. The lowest BCUT2D eigenvalue weighted by Crippen LogP contribution is -2.45. The fourth-order valence-electron chi connectivity index (χ4n) is 4.06. The maximum absolute atomic E-state index is 13.5. The number of hydrogen-bond donors (Lipinski definition) is 3. The van der Waals surface area contributed by atoms with Crippen molar-refractivity contribution < 1.29 is 23.9 Å². The van der Waals surface area contributed by atoms with Crippen LogP contribution in [0.3, 0.4) is 0 Å². The summed E-state index contributed by atoms with van der Waals surface area (Å²) in [6.07, 6.45) is 2.87. The van der Waals surface area contributed by atoms with E-state index in [1.807, 2.05) is 6.92 Å². The maximum atomic E-state index is 13.5. The molecule has 0 spiro atoms. The highest BCUT2D eigenvalue weighted by molar-refractivity contribution is 9.10. The lowest BCUT2D eigenvalue weighted by Gasteiger charge is -2.23. The van der Waals surface area contributed by atoms with Crippen molar-refractivity contribution in [2.24, 2.45) is 11.3 Å². The summed E-state index contributed by atoms with van der Waals surface area (Å²) >= 11 is 3.06. The molecule has 4 atom stereocenters. The Morgan fingerprint density at radius 1 is 1.47 bits per heavy atom. The summed E-state index contributed by atoms with van der Waals surface area (Å²) in [6, 6.07) is 0.948. The Kier molecular flexibility index (Phi) is 6.44. The van der Waals surface area contributed by atoms with Crippen LogP contribution in [0.15, 0.2) is 29.4 Å². The van der Waals surface area contributed by atoms with E-state index in [2.05, 4.69) is 38.1 Å². The van der Waals surface area contributed by atoms with Crippen LogP contribution >= 0.6 is 15.9 Å². The minimum atomic E-state index is -1.20. The highest BCUT2D eigenvalue weighted by Crippen LogP contribution is 2.59. The van der Waals surface area contributed by atoms with Crippen LogP contribution in [-0.2, 0) is 9.59 Å². The molecule has 10 heteroatoms. The number of carboxylic acid groups (broad SMARTS) is 1. The number of pyridine rings is 1. The lowest BCUT2D eigenvalue weighted by molar-refractivity contribution is -0.124. The van der Waals surface area contributed by atoms with Gasteiger partial charge in [0.15, 0.2) is 0 Å². The van der Waals surface area contributed by atoms with Crippen LogP contribution in [0.1, 0.15) is 32.6 Å². The lowest BCUT2D eigenvalue weighted by atomic mass is 9.98. The summed E-state index contributed by atoms with van der Waals surface area (Å²) in [5, 5.41) is 15.0. The quantitative estimate of drug-likeness (QED) is 0.389. The Hall–Kier alpha value is -2.49. The van der Waals surface area contributed by atoms with Gasteiger partial charge in [0.25, 0.3) is 0 Å². The second kappa shape index (κ2) is 8.71. The number of halogens is 2. The Bertz CT molecular complexity index is 862. The van der Waals surface area contributed by atoms with E-state index in [1.54, 1.807) is 6.08 Å². The van der Waals surface area contributed by atoms with Crippen LogP contribution in [0.5, 0.6) is 0 Å². The Balaban J connectivity index is 1.65. The summed E-state index contributed by atoms with van der Waals surface area (Å²) in [5.74, 6) is -1.43. The summed E-state index contributed by atoms with van der Waals surface area (Å²) in [4.78, 5) is 41.9. The van der Waals surface area contributed by atoms with Crippen LogP contribution in [0, 0.1) is 17.2 Å². The van der Waals surface area contributed by atoms with Gasteiger partial charge in [-0.2, -0.15) is 0 Å². The first-order valence-electron chi connectivity index (χ1n) is 9.70. The number of anilines is 1. The Morgan fingerprint density at radius 2 is 2.20 bits per heavy atom. The molecule has 3 N–H and O–H groups in total. The fourth-order valence-corrected chi connectivity index (χ4v) is 4.47. The van der Waals surface area contributed by atoms with Gasteiger partial charge in [-0.25, -0.2) is 14.2 Å². The van der Waals surface area contributed by atoms with Crippen molar-refractivity contribution in [2.45, 2.75) is 44.7 Å². The molecule has 2 heterocycles. The standard InChI is InChI=1S/C20H24BrFN4O4/c1-3-4-5-11(2)17(27)23-10-20-8-13(26(19(29)30)14(20)9-20)18(28)25-16-7-12(22)6-15(21)24-16/h3,6-7,11,13-14H,1,4-5,8-10H2,2H3,(H,23,27)(H,29,30)(H,24,25,28)/t11-,13?,14?,20?/m1/s1. The molecule has 1 aliphatic carbocycles. The number of piperidine rings is 1. The van der Waals surface area contributed by atoms with Crippen LogP contribution < -0.4 is 10.6 Å². The first-order valence-corrected chi connectivity index (χ1v) is 10.5.